The molecule has 0 spiro atoms. The standard InChI is InChI=1S/C15H14BrIN2O/c16-14-6-3-11(17)9-13(14)15(20)19-8-7-10-1-4-12(18)5-2-10/h1-6,9H,7-8,18H2,(H,19,20). The fourth-order valence-electron chi connectivity index (χ4n) is 1.77. The third-order valence-electron chi connectivity index (χ3n) is 2.85. The number of nitrogen functional groups attached to an aromatic ring is 1. The maximum absolute atomic E-state index is 12.1. The molecule has 0 aliphatic heterocycles. The molecule has 2 aromatic rings. The molecule has 0 fully saturated rings. The molecule has 0 radical (unpaired) electrons. The molecule has 0 unspecified atom stereocenters. The van der Waals surface area contributed by atoms with Gasteiger partial charge in [0.2, 0.25) is 0 Å². The number of carbonyl (C=O) groups is 1. The second kappa shape index (κ2) is 7.08. The van der Waals surface area contributed by atoms with Crippen LogP contribution in [-0.2, 0) is 6.42 Å². The molecule has 0 bridgehead atoms. The molecule has 0 saturated carbocycles. The van der Waals surface area contributed by atoms with E-state index in [2.05, 4.69) is 43.8 Å². The zero-order valence-corrected chi connectivity index (χ0v) is 14.4. The summed E-state index contributed by atoms with van der Waals surface area (Å²) in [4.78, 5) is 12.1. The van der Waals surface area contributed by atoms with Crippen LogP contribution < -0.4 is 11.1 Å². The summed E-state index contributed by atoms with van der Waals surface area (Å²) < 4.78 is 1.84. The van der Waals surface area contributed by atoms with Gasteiger partial charge in [0.1, 0.15) is 0 Å². The van der Waals surface area contributed by atoms with E-state index in [1.54, 1.807) is 0 Å². The third-order valence-corrected chi connectivity index (χ3v) is 4.21. The van der Waals surface area contributed by atoms with Crippen molar-refractivity contribution in [1.82, 2.24) is 5.32 Å². The Hall–Kier alpha value is -1.08. The molecular weight excluding hydrogens is 431 g/mol. The van der Waals surface area contributed by atoms with E-state index < -0.39 is 0 Å². The van der Waals surface area contributed by atoms with Gasteiger partial charge >= 0.3 is 0 Å². The van der Waals surface area contributed by atoms with E-state index >= 15 is 0 Å². The average molecular weight is 445 g/mol. The largest absolute Gasteiger partial charge is 0.399 e. The Morgan fingerprint density at radius 1 is 1.20 bits per heavy atom. The fraction of sp³-hybridized carbons (Fsp3) is 0.133. The number of hydrogen-bond donors (Lipinski definition) is 2. The van der Waals surface area contributed by atoms with Gasteiger partial charge in [-0.25, -0.2) is 0 Å². The molecule has 2 rings (SSSR count). The topological polar surface area (TPSA) is 55.1 Å². The van der Waals surface area contributed by atoms with E-state index in [1.165, 1.54) is 0 Å². The Bertz CT molecular complexity index is 614. The monoisotopic (exact) mass is 444 g/mol. The molecule has 0 atom stereocenters. The smallest absolute Gasteiger partial charge is 0.252 e. The molecule has 3 N–H and O–H groups in total. The lowest BCUT2D eigenvalue weighted by Crippen LogP contribution is -2.26. The zero-order chi connectivity index (χ0) is 14.5. The number of benzene rings is 2. The zero-order valence-electron chi connectivity index (χ0n) is 10.7. The normalized spacial score (nSPS) is 10.3. The molecule has 1 amide bonds. The van der Waals surface area contributed by atoms with E-state index in [1.807, 2.05) is 42.5 Å². The first-order valence-corrected chi connectivity index (χ1v) is 8.01. The van der Waals surface area contributed by atoms with Gasteiger partial charge in [0.25, 0.3) is 5.91 Å². The second-order valence-corrected chi connectivity index (χ2v) is 6.47. The van der Waals surface area contributed by atoms with Crippen LogP contribution in [0.2, 0.25) is 0 Å². The molecule has 0 saturated heterocycles. The van der Waals surface area contributed by atoms with Crippen molar-refractivity contribution in [3.63, 3.8) is 0 Å². The van der Waals surface area contributed by atoms with Gasteiger partial charge in [0, 0.05) is 20.3 Å². The summed E-state index contributed by atoms with van der Waals surface area (Å²) in [6.07, 6.45) is 0.785. The highest BCUT2D eigenvalue weighted by Gasteiger charge is 2.09. The van der Waals surface area contributed by atoms with E-state index in [9.17, 15) is 4.79 Å². The van der Waals surface area contributed by atoms with Crippen LogP contribution in [0.4, 0.5) is 5.69 Å². The molecule has 5 heteroatoms. The minimum Gasteiger partial charge on any atom is -0.399 e. The van der Waals surface area contributed by atoms with E-state index in [-0.39, 0.29) is 5.91 Å². The average Bonchev–Trinajstić information content (AvgIpc) is 2.43. The highest BCUT2D eigenvalue weighted by molar-refractivity contribution is 14.1. The number of nitrogens with one attached hydrogen (secondary N) is 1. The third kappa shape index (κ3) is 4.21. The quantitative estimate of drug-likeness (QED) is 0.559. The molecule has 0 heterocycles. The Kier molecular flexibility index (Phi) is 5.42. The number of amides is 1. The molecular formula is C15H14BrIN2O. The maximum Gasteiger partial charge on any atom is 0.252 e. The predicted octanol–water partition coefficient (Wildman–Crippen LogP) is 3.61. The number of anilines is 1. The van der Waals surface area contributed by atoms with Crippen LogP contribution in [0.1, 0.15) is 15.9 Å². The van der Waals surface area contributed by atoms with Crippen molar-refractivity contribution < 1.29 is 4.79 Å². The van der Waals surface area contributed by atoms with Crippen LogP contribution in [0.5, 0.6) is 0 Å². The van der Waals surface area contributed by atoms with Crippen molar-refractivity contribution >= 4 is 50.1 Å². The number of hydrogen-bond acceptors (Lipinski definition) is 2. The van der Waals surface area contributed by atoms with Crippen molar-refractivity contribution in [2.24, 2.45) is 0 Å². The van der Waals surface area contributed by atoms with Crippen molar-refractivity contribution in [3.8, 4) is 0 Å². The van der Waals surface area contributed by atoms with Gasteiger partial charge in [-0.3, -0.25) is 4.79 Å². The van der Waals surface area contributed by atoms with Crippen LogP contribution in [0.25, 0.3) is 0 Å². The van der Waals surface area contributed by atoms with Gasteiger partial charge in [-0.1, -0.05) is 12.1 Å². The lowest BCUT2D eigenvalue weighted by molar-refractivity contribution is 0.0953. The molecule has 2 aromatic carbocycles. The van der Waals surface area contributed by atoms with Crippen molar-refractivity contribution in [1.29, 1.82) is 0 Å². The molecule has 104 valence electrons. The van der Waals surface area contributed by atoms with Gasteiger partial charge in [-0.2, -0.15) is 0 Å². The summed E-state index contributed by atoms with van der Waals surface area (Å²) in [6.45, 7) is 0.598. The Balaban J connectivity index is 1.92. The van der Waals surface area contributed by atoms with Crippen LogP contribution in [-0.4, -0.2) is 12.5 Å². The highest BCUT2D eigenvalue weighted by atomic mass is 127. The lowest BCUT2D eigenvalue weighted by atomic mass is 10.1. The fourth-order valence-corrected chi connectivity index (χ4v) is 2.69. The summed E-state index contributed by atoms with van der Waals surface area (Å²) in [5.74, 6) is -0.0640. The number of nitrogens with two attached hydrogens (primary N) is 1. The lowest BCUT2D eigenvalue weighted by Gasteiger charge is -2.08. The van der Waals surface area contributed by atoms with E-state index in [4.69, 9.17) is 5.73 Å². The number of rotatable bonds is 4. The summed E-state index contributed by atoms with van der Waals surface area (Å²) in [7, 11) is 0. The summed E-state index contributed by atoms with van der Waals surface area (Å²) in [6, 6.07) is 13.4. The van der Waals surface area contributed by atoms with Gasteiger partial charge in [-0.05, 0) is 80.8 Å². The summed E-state index contributed by atoms with van der Waals surface area (Å²) in [5.41, 5.74) is 8.20. The Morgan fingerprint density at radius 3 is 2.60 bits per heavy atom. The Morgan fingerprint density at radius 2 is 1.90 bits per heavy atom. The molecule has 0 aromatic heterocycles. The highest BCUT2D eigenvalue weighted by Crippen LogP contribution is 2.19. The molecule has 0 aliphatic rings. The molecule has 0 aliphatic carbocycles. The van der Waals surface area contributed by atoms with Gasteiger partial charge in [0.05, 0.1) is 5.56 Å². The van der Waals surface area contributed by atoms with Crippen molar-refractivity contribution in [2.45, 2.75) is 6.42 Å². The van der Waals surface area contributed by atoms with E-state index in [0.29, 0.717) is 12.1 Å². The summed E-state index contributed by atoms with van der Waals surface area (Å²) in [5, 5.41) is 2.93. The number of carbonyl (C=O) groups excluding carboxylic acids is 1. The van der Waals surface area contributed by atoms with Gasteiger partial charge in [-0.15, -0.1) is 0 Å². The van der Waals surface area contributed by atoms with Crippen LogP contribution in [0.3, 0.4) is 0 Å². The van der Waals surface area contributed by atoms with Crippen LogP contribution in [0, 0.1) is 3.57 Å². The SMILES string of the molecule is Nc1ccc(CCNC(=O)c2cc(I)ccc2Br)cc1. The van der Waals surface area contributed by atoms with Crippen LogP contribution >= 0.6 is 38.5 Å². The molecule has 3 nitrogen and oxygen atoms in total. The summed E-state index contributed by atoms with van der Waals surface area (Å²) >= 11 is 5.59. The minimum absolute atomic E-state index is 0.0640. The first-order chi connectivity index (χ1) is 9.56. The minimum atomic E-state index is -0.0640. The predicted molar refractivity (Wildman–Crippen MR) is 93.8 cm³/mol. The molecule has 20 heavy (non-hydrogen) atoms. The van der Waals surface area contributed by atoms with E-state index in [0.717, 1.165) is 25.7 Å². The Labute approximate surface area is 140 Å². The first kappa shape index (κ1) is 15.3. The first-order valence-electron chi connectivity index (χ1n) is 6.14. The van der Waals surface area contributed by atoms with Crippen LogP contribution in [0.15, 0.2) is 46.9 Å². The maximum atomic E-state index is 12.1. The van der Waals surface area contributed by atoms with Crippen molar-refractivity contribution in [2.75, 3.05) is 12.3 Å². The van der Waals surface area contributed by atoms with Crippen molar-refractivity contribution in [3.05, 3.63) is 61.6 Å². The second-order valence-electron chi connectivity index (χ2n) is 4.37. The number of halogens is 2. The van der Waals surface area contributed by atoms with Gasteiger partial charge < -0.3 is 11.1 Å². The van der Waals surface area contributed by atoms with Gasteiger partial charge in [0.15, 0.2) is 0 Å².